The van der Waals surface area contributed by atoms with Gasteiger partial charge < -0.3 is 4.57 Å². The topological polar surface area (TPSA) is 39.1 Å². The number of hydrogen-bond acceptors (Lipinski definition) is 2. The number of rotatable bonds is 3. The average molecular weight is 360 g/mol. The molecule has 0 fully saturated rings. The molecule has 2 aromatic rings. The van der Waals surface area contributed by atoms with Gasteiger partial charge in [-0.3, -0.25) is 9.59 Å². The van der Waals surface area contributed by atoms with Gasteiger partial charge in [-0.2, -0.15) is 13.2 Å². The Kier molecular flexibility index (Phi) is 4.32. The fourth-order valence-electron chi connectivity index (χ4n) is 1.73. The molecule has 0 aliphatic carbocycles. The van der Waals surface area contributed by atoms with E-state index in [-0.39, 0.29) is 0 Å². The lowest BCUT2D eigenvalue weighted by Crippen LogP contribution is -2.25. The highest BCUT2D eigenvalue weighted by molar-refractivity contribution is 9.10. The van der Waals surface area contributed by atoms with Crippen molar-refractivity contribution in [2.24, 2.45) is 0 Å². The summed E-state index contributed by atoms with van der Waals surface area (Å²) in [7, 11) is 0. The molecule has 1 aromatic carbocycles. The van der Waals surface area contributed by atoms with E-state index >= 15 is 0 Å². The number of Topliss-reactive ketones (excluding diaryl/α,β-unsaturated/α-hetero) is 1. The van der Waals surface area contributed by atoms with E-state index in [1.54, 1.807) is 18.2 Å². The third-order valence-electron chi connectivity index (χ3n) is 2.77. The predicted molar refractivity (Wildman–Crippen MR) is 74.2 cm³/mol. The highest BCUT2D eigenvalue weighted by atomic mass is 79.9. The van der Waals surface area contributed by atoms with Gasteiger partial charge in [0, 0.05) is 22.3 Å². The van der Waals surface area contributed by atoms with E-state index in [1.807, 2.05) is 0 Å². The Morgan fingerprint density at radius 1 is 1.19 bits per heavy atom. The average Bonchev–Trinajstić information content (AvgIpc) is 2.40. The summed E-state index contributed by atoms with van der Waals surface area (Å²) in [6.45, 7) is -0.445. The number of alkyl halides is 3. The molecule has 0 aliphatic rings. The lowest BCUT2D eigenvalue weighted by Gasteiger charge is -2.10. The van der Waals surface area contributed by atoms with Crippen LogP contribution in [0.25, 0.3) is 0 Å². The summed E-state index contributed by atoms with van der Waals surface area (Å²) in [4.78, 5) is 23.6. The number of ketones is 1. The van der Waals surface area contributed by atoms with Crippen LogP contribution < -0.4 is 5.56 Å². The van der Waals surface area contributed by atoms with Crippen LogP contribution in [0, 0.1) is 0 Å². The van der Waals surface area contributed by atoms with E-state index in [1.165, 1.54) is 6.07 Å². The SMILES string of the molecule is O=C(Cn1cc(C(F)(F)F)ccc1=O)c1cccc(Br)c1. The molecular weight excluding hydrogens is 351 g/mol. The number of pyridine rings is 1. The van der Waals surface area contributed by atoms with Crippen LogP contribution in [0.15, 0.2) is 51.9 Å². The summed E-state index contributed by atoms with van der Waals surface area (Å²) in [5, 5.41) is 0. The quantitative estimate of drug-likeness (QED) is 0.786. The summed E-state index contributed by atoms with van der Waals surface area (Å²) in [5.41, 5.74) is -1.32. The minimum absolute atomic E-state index is 0.314. The first-order valence-corrected chi connectivity index (χ1v) is 6.63. The molecule has 0 radical (unpaired) electrons. The van der Waals surface area contributed by atoms with Crippen LogP contribution in [-0.2, 0) is 12.7 Å². The Morgan fingerprint density at radius 3 is 2.52 bits per heavy atom. The minimum Gasteiger partial charge on any atom is -0.307 e. The van der Waals surface area contributed by atoms with Crippen molar-refractivity contribution in [1.29, 1.82) is 0 Å². The van der Waals surface area contributed by atoms with E-state index in [0.29, 0.717) is 22.3 Å². The molecule has 21 heavy (non-hydrogen) atoms. The third-order valence-corrected chi connectivity index (χ3v) is 3.26. The lowest BCUT2D eigenvalue weighted by atomic mass is 10.1. The number of nitrogens with zero attached hydrogens (tertiary/aromatic N) is 1. The molecule has 0 atom stereocenters. The third kappa shape index (κ3) is 3.81. The summed E-state index contributed by atoms with van der Waals surface area (Å²) >= 11 is 3.20. The second-order valence-electron chi connectivity index (χ2n) is 4.32. The standard InChI is InChI=1S/C14H9BrF3NO2/c15-11-3-1-2-9(6-11)12(20)8-19-7-10(14(16,17)18)4-5-13(19)21/h1-7H,8H2. The first kappa shape index (κ1) is 15.5. The molecule has 2 rings (SSSR count). The van der Waals surface area contributed by atoms with Crippen molar-refractivity contribution in [3.05, 3.63) is 68.5 Å². The van der Waals surface area contributed by atoms with Crippen LogP contribution >= 0.6 is 15.9 Å². The Labute approximate surface area is 126 Å². The molecule has 0 saturated carbocycles. The Bertz CT molecular complexity index is 737. The number of hydrogen-bond donors (Lipinski definition) is 0. The lowest BCUT2D eigenvalue weighted by molar-refractivity contribution is -0.138. The summed E-state index contributed by atoms with van der Waals surface area (Å²) in [6.07, 6.45) is -3.91. The van der Waals surface area contributed by atoms with E-state index < -0.39 is 29.6 Å². The highest BCUT2D eigenvalue weighted by Gasteiger charge is 2.31. The fourth-order valence-corrected chi connectivity index (χ4v) is 2.13. The van der Waals surface area contributed by atoms with Crippen LogP contribution in [0.3, 0.4) is 0 Å². The largest absolute Gasteiger partial charge is 0.417 e. The van der Waals surface area contributed by atoms with Crippen molar-refractivity contribution in [3.8, 4) is 0 Å². The fraction of sp³-hybridized carbons (Fsp3) is 0.143. The molecular formula is C14H9BrF3NO2. The van der Waals surface area contributed by atoms with Gasteiger partial charge in [-0.1, -0.05) is 28.1 Å². The monoisotopic (exact) mass is 359 g/mol. The molecule has 0 amide bonds. The van der Waals surface area contributed by atoms with Crippen LogP contribution in [0.4, 0.5) is 13.2 Å². The van der Waals surface area contributed by atoms with Crippen molar-refractivity contribution in [3.63, 3.8) is 0 Å². The zero-order chi connectivity index (χ0) is 15.6. The molecule has 0 aliphatic heterocycles. The van der Waals surface area contributed by atoms with Crippen LogP contribution in [0.1, 0.15) is 15.9 Å². The Hall–Kier alpha value is -1.89. The van der Waals surface area contributed by atoms with Gasteiger partial charge in [-0.15, -0.1) is 0 Å². The van der Waals surface area contributed by atoms with Crippen molar-refractivity contribution >= 4 is 21.7 Å². The molecule has 3 nitrogen and oxygen atoms in total. The van der Waals surface area contributed by atoms with Crippen molar-refractivity contribution in [1.82, 2.24) is 4.57 Å². The smallest absolute Gasteiger partial charge is 0.307 e. The van der Waals surface area contributed by atoms with Gasteiger partial charge in [0.1, 0.15) is 0 Å². The molecule has 1 heterocycles. The maximum atomic E-state index is 12.6. The number of benzene rings is 1. The van der Waals surface area contributed by atoms with Crippen molar-refractivity contribution in [2.45, 2.75) is 12.7 Å². The normalized spacial score (nSPS) is 11.4. The van der Waals surface area contributed by atoms with Crippen molar-refractivity contribution < 1.29 is 18.0 Å². The first-order chi connectivity index (χ1) is 9.77. The number of carbonyl (C=O) groups is 1. The summed E-state index contributed by atoms with van der Waals surface area (Å²) in [6, 6.07) is 7.92. The van der Waals surface area contributed by atoms with Gasteiger partial charge in [0.15, 0.2) is 5.78 Å². The van der Waals surface area contributed by atoms with Gasteiger partial charge in [0.2, 0.25) is 0 Å². The molecule has 0 saturated heterocycles. The summed E-state index contributed by atoms with van der Waals surface area (Å²) in [5.74, 6) is -0.447. The van der Waals surface area contributed by atoms with E-state index in [9.17, 15) is 22.8 Å². The van der Waals surface area contributed by atoms with Crippen LogP contribution in [0.2, 0.25) is 0 Å². The molecule has 1 aromatic heterocycles. The minimum atomic E-state index is -4.56. The predicted octanol–water partition coefficient (Wildman–Crippen LogP) is 3.51. The van der Waals surface area contributed by atoms with E-state index in [0.717, 1.165) is 10.6 Å². The van der Waals surface area contributed by atoms with Gasteiger partial charge in [-0.05, 0) is 18.2 Å². The second kappa shape index (κ2) is 5.85. The Balaban J connectivity index is 2.31. The number of halogens is 4. The Morgan fingerprint density at radius 2 is 1.90 bits per heavy atom. The summed E-state index contributed by atoms with van der Waals surface area (Å²) < 4.78 is 39.2. The molecule has 0 spiro atoms. The maximum Gasteiger partial charge on any atom is 0.417 e. The van der Waals surface area contributed by atoms with Gasteiger partial charge in [-0.25, -0.2) is 0 Å². The van der Waals surface area contributed by atoms with E-state index in [4.69, 9.17) is 0 Å². The molecule has 7 heteroatoms. The maximum absolute atomic E-state index is 12.6. The van der Waals surface area contributed by atoms with Gasteiger partial charge in [0.25, 0.3) is 5.56 Å². The van der Waals surface area contributed by atoms with Crippen LogP contribution in [0.5, 0.6) is 0 Å². The van der Waals surface area contributed by atoms with Crippen molar-refractivity contribution in [2.75, 3.05) is 0 Å². The zero-order valence-corrected chi connectivity index (χ0v) is 12.1. The zero-order valence-electron chi connectivity index (χ0n) is 10.5. The van der Waals surface area contributed by atoms with Crippen LogP contribution in [-0.4, -0.2) is 10.4 Å². The molecule has 0 N–H and O–H groups in total. The van der Waals surface area contributed by atoms with Gasteiger partial charge in [0.05, 0.1) is 12.1 Å². The van der Waals surface area contributed by atoms with Gasteiger partial charge >= 0.3 is 6.18 Å². The molecule has 0 bridgehead atoms. The highest BCUT2D eigenvalue weighted by Crippen LogP contribution is 2.28. The molecule has 110 valence electrons. The van der Waals surface area contributed by atoms with E-state index in [2.05, 4.69) is 15.9 Å². The number of aromatic nitrogens is 1. The first-order valence-electron chi connectivity index (χ1n) is 5.84. The molecule has 0 unspecified atom stereocenters. The second-order valence-corrected chi connectivity index (χ2v) is 5.23. The number of carbonyl (C=O) groups excluding carboxylic acids is 1.